The van der Waals surface area contributed by atoms with Crippen molar-refractivity contribution in [1.82, 2.24) is 14.9 Å². The van der Waals surface area contributed by atoms with E-state index in [9.17, 15) is 4.79 Å². The van der Waals surface area contributed by atoms with Crippen LogP contribution < -0.4 is 5.32 Å². The first-order chi connectivity index (χ1) is 12.2. The Morgan fingerprint density at radius 2 is 2.40 bits per heavy atom. The number of nitrogens with zero attached hydrogens (tertiary/aromatic N) is 3. The Balaban J connectivity index is 1.51. The summed E-state index contributed by atoms with van der Waals surface area (Å²) in [7, 11) is 1.62. The number of methoxy groups -OCH3 is 1. The van der Waals surface area contributed by atoms with Gasteiger partial charge in [-0.2, -0.15) is 0 Å². The normalized spacial score (nSPS) is 25.2. The molecule has 1 saturated carbocycles. The van der Waals surface area contributed by atoms with Crippen LogP contribution in [0, 0.1) is 5.92 Å². The summed E-state index contributed by atoms with van der Waals surface area (Å²) in [6.45, 7) is 4.00. The largest absolute Gasteiger partial charge is 0.384 e. The van der Waals surface area contributed by atoms with Crippen molar-refractivity contribution in [1.29, 1.82) is 0 Å². The van der Waals surface area contributed by atoms with E-state index in [2.05, 4.69) is 10.3 Å². The Morgan fingerprint density at radius 3 is 3.20 bits per heavy atom. The molecule has 136 valence electrons. The Morgan fingerprint density at radius 1 is 1.52 bits per heavy atom. The number of fused-ring (bicyclic) bond motifs is 2. The molecule has 1 spiro atoms. The van der Waals surface area contributed by atoms with Crippen molar-refractivity contribution in [3.05, 3.63) is 17.5 Å². The van der Waals surface area contributed by atoms with Crippen LogP contribution >= 0.6 is 0 Å². The van der Waals surface area contributed by atoms with E-state index < -0.39 is 0 Å². The van der Waals surface area contributed by atoms with Gasteiger partial charge in [-0.3, -0.25) is 4.79 Å². The smallest absolute Gasteiger partial charge is 0.224 e. The molecule has 2 fully saturated rings. The van der Waals surface area contributed by atoms with Crippen LogP contribution in [0.4, 0.5) is 5.95 Å². The van der Waals surface area contributed by atoms with E-state index in [1.54, 1.807) is 7.11 Å². The number of nitrogens with one attached hydrogen (secondary N) is 1. The molecule has 0 unspecified atom stereocenters. The van der Waals surface area contributed by atoms with Crippen LogP contribution in [0.25, 0.3) is 0 Å². The highest BCUT2D eigenvalue weighted by Crippen LogP contribution is 2.39. The van der Waals surface area contributed by atoms with E-state index in [1.165, 1.54) is 12.8 Å². The summed E-state index contributed by atoms with van der Waals surface area (Å²) in [6.07, 6.45) is 5.80. The zero-order chi connectivity index (χ0) is 17.3. The van der Waals surface area contributed by atoms with Crippen LogP contribution in [-0.4, -0.2) is 60.7 Å². The summed E-state index contributed by atoms with van der Waals surface area (Å²) in [5.74, 6) is 1.63. The van der Waals surface area contributed by atoms with Gasteiger partial charge in [0.05, 0.1) is 37.4 Å². The second kappa shape index (κ2) is 6.88. The molecular weight excluding hydrogens is 320 g/mol. The van der Waals surface area contributed by atoms with Gasteiger partial charge in [-0.05, 0) is 25.2 Å². The van der Waals surface area contributed by atoms with Gasteiger partial charge < -0.3 is 19.7 Å². The second-order valence-corrected chi connectivity index (χ2v) is 7.47. The first-order valence-corrected chi connectivity index (χ1v) is 9.15. The van der Waals surface area contributed by atoms with Gasteiger partial charge in [0.15, 0.2) is 0 Å². The summed E-state index contributed by atoms with van der Waals surface area (Å²) in [6, 6.07) is 0. The molecule has 0 radical (unpaired) electrons. The predicted molar refractivity (Wildman–Crippen MR) is 92.3 cm³/mol. The lowest BCUT2D eigenvalue weighted by Gasteiger charge is -2.34. The number of amides is 1. The minimum atomic E-state index is -0.199. The van der Waals surface area contributed by atoms with E-state index in [0.29, 0.717) is 38.7 Å². The van der Waals surface area contributed by atoms with Crippen molar-refractivity contribution in [3.8, 4) is 0 Å². The lowest BCUT2D eigenvalue weighted by Crippen LogP contribution is -2.42. The van der Waals surface area contributed by atoms with Crippen LogP contribution in [0.2, 0.25) is 0 Å². The zero-order valence-corrected chi connectivity index (χ0v) is 14.8. The summed E-state index contributed by atoms with van der Waals surface area (Å²) in [5, 5.41) is 3.36. The number of anilines is 1. The van der Waals surface area contributed by atoms with Crippen molar-refractivity contribution >= 4 is 11.9 Å². The molecule has 3 heterocycles. The Hall–Kier alpha value is -1.73. The Bertz CT molecular complexity index is 649. The van der Waals surface area contributed by atoms with Crippen molar-refractivity contribution in [2.75, 3.05) is 45.3 Å². The van der Waals surface area contributed by atoms with Gasteiger partial charge in [-0.15, -0.1) is 0 Å². The third-order valence-corrected chi connectivity index (χ3v) is 5.48. The van der Waals surface area contributed by atoms with Gasteiger partial charge in [0.25, 0.3) is 0 Å². The molecule has 1 N–H and O–H groups in total. The quantitative estimate of drug-likeness (QED) is 0.838. The lowest BCUT2D eigenvalue weighted by molar-refractivity contribution is -0.131. The molecular formula is C18H26N4O3. The number of carbonyl (C=O) groups is 1. The third kappa shape index (κ3) is 3.48. The zero-order valence-electron chi connectivity index (χ0n) is 14.8. The van der Waals surface area contributed by atoms with E-state index in [1.807, 2.05) is 11.1 Å². The molecule has 1 atom stereocenters. The van der Waals surface area contributed by atoms with Crippen LogP contribution in [-0.2, 0) is 26.3 Å². The monoisotopic (exact) mass is 346 g/mol. The van der Waals surface area contributed by atoms with Crippen LogP contribution in [0.3, 0.4) is 0 Å². The molecule has 4 rings (SSSR count). The summed E-state index contributed by atoms with van der Waals surface area (Å²) in [4.78, 5) is 23.6. The molecule has 1 aromatic rings. The highest BCUT2D eigenvalue weighted by atomic mass is 16.5. The topological polar surface area (TPSA) is 76.6 Å². The van der Waals surface area contributed by atoms with Crippen LogP contribution in [0.15, 0.2) is 6.20 Å². The molecule has 7 heteroatoms. The van der Waals surface area contributed by atoms with Gasteiger partial charge in [-0.1, -0.05) is 0 Å². The molecule has 3 aliphatic rings. The van der Waals surface area contributed by atoms with Gasteiger partial charge in [0, 0.05) is 38.5 Å². The molecule has 0 bridgehead atoms. The number of aromatic nitrogens is 2. The number of hydrogen-bond acceptors (Lipinski definition) is 6. The van der Waals surface area contributed by atoms with Crippen molar-refractivity contribution in [2.45, 2.75) is 37.7 Å². The molecule has 1 aliphatic carbocycles. The fourth-order valence-corrected chi connectivity index (χ4v) is 3.78. The van der Waals surface area contributed by atoms with Gasteiger partial charge in [0.1, 0.15) is 0 Å². The maximum absolute atomic E-state index is 12.4. The number of hydrogen-bond donors (Lipinski definition) is 1. The third-order valence-electron chi connectivity index (χ3n) is 5.48. The molecule has 1 aromatic heterocycles. The summed E-state index contributed by atoms with van der Waals surface area (Å²) in [5.41, 5.74) is 1.92. The Kier molecular flexibility index (Phi) is 4.60. The lowest BCUT2D eigenvalue weighted by atomic mass is 9.80. The van der Waals surface area contributed by atoms with Crippen LogP contribution in [0.1, 0.15) is 36.9 Å². The van der Waals surface area contributed by atoms with Gasteiger partial charge in [0.2, 0.25) is 11.9 Å². The standard InChI is InChI=1S/C18H26N4O3/c1-24-7-4-15(23)22-6-5-18(11-22)12-25-10-14-9-20-17(21-16(14)18)19-8-13-2-3-13/h9,13H,2-8,10-12H2,1H3,(H,19,20,21)/t18-/m0/s1. The SMILES string of the molecule is COCCC(=O)N1CC[C@@]2(COCc3cnc(NCC4CC4)nc32)C1. The number of rotatable bonds is 6. The summed E-state index contributed by atoms with van der Waals surface area (Å²) < 4.78 is 10.9. The molecule has 2 aliphatic heterocycles. The number of likely N-dealkylation sites (tertiary alicyclic amines) is 1. The first kappa shape index (κ1) is 16.7. The average molecular weight is 346 g/mol. The summed E-state index contributed by atoms with van der Waals surface area (Å²) >= 11 is 0. The van der Waals surface area contributed by atoms with Crippen molar-refractivity contribution < 1.29 is 14.3 Å². The van der Waals surface area contributed by atoms with Crippen LogP contribution in [0.5, 0.6) is 0 Å². The molecule has 1 saturated heterocycles. The van der Waals surface area contributed by atoms with Crippen molar-refractivity contribution in [2.24, 2.45) is 5.92 Å². The number of carbonyl (C=O) groups excluding carboxylic acids is 1. The van der Waals surface area contributed by atoms with E-state index in [4.69, 9.17) is 14.5 Å². The van der Waals surface area contributed by atoms with Gasteiger partial charge >= 0.3 is 0 Å². The van der Waals surface area contributed by atoms with Gasteiger partial charge in [-0.25, -0.2) is 9.97 Å². The minimum Gasteiger partial charge on any atom is -0.384 e. The highest BCUT2D eigenvalue weighted by Gasteiger charge is 2.46. The first-order valence-electron chi connectivity index (χ1n) is 9.15. The van der Waals surface area contributed by atoms with E-state index >= 15 is 0 Å². The molecule has 7 nitrogen and oxygen atoms in total. The fraction of sp³-hybridized carbons (Fsp3) is 0.722. The maximum atomic E-state index is 12.4. The highest BCUT2D eigenvalue weighted by molar-refractivity contribution is 5.77. The van der Waals surface area contributed by atoms with E-state index in [0.717, 1.165) is 36.7 Å². The van der Waals surface area contributed by atoms with Crippen molar-refractivity contribution in [3.63, 3.8) is 0 Å². The second-order valence-electron chi connectivity index (χ2n) is 7.47. The van der Waals surface area contributed by atoms with E-state index in [-0.39, 0.29) is 11.3 Å². The number of ether oxygens (including phenoxy) is 2. The average Bonchev–Trinajstić information content (AvgIpc) is 3.38. The minimum absolute atomic E-state index is 0.145. The predicted octanol–water partition coefficient (Wildman–Crippen LogP) is 1.34. The maximum Gasteiger partial charge on any atom is 0.224 e. The molecule has 1 amide bonds. The Labute approximate surface area is 148 Å². The molecule has 25 heavy (non-hydrogen) atoms. The fourth-order valence-electron chi connectivity index (χ4n) is 3.78. The molecule has 0 aromatic carbocycles.